The predicted molar refractivity (Wildman–Crippen MR) is 125 cm³/mol. The van der Waals surface area contributed by atoms with Crippen LogP contribution in [0.2, 0.25) is 0 Å². The molecule has 0 aliphatic carbocycles. The minimum Gasteiger partial charge on any atom is -0.497 e. The molecule has 9 nitrogen and oxygen atoms in total. The highest BCUT2D eigenvalue weighted by atomic mass is 79.9. The molecule has 0 radical (unpaired) electrons. The molecule has 0 bridgehead atoms. The zero-order valence-corrected chi connectivity index (χ0v) is 20.4. The molecule has 0 unspecified atom stereocenters. The van der Waals surface area contributed by atoms with Gasteiger partial charge in [-0.3, -0.25) is 14.9 Å². The van der Waals surface area contributed by atoms with Gasteiger partial charge in [0.05, 0.1) is 23.3 Å². The molecule has 0 saturated carbocycles. The molecule has 1 aliphatic rings. The molecule has 2 aromatic rings. The number of rotatable bonds is 8. The van der Waals surface area contributed by atoms with E-state index in [2.05, 4.69) is 38.1 Å². The number of piperazine rings is 1. The Balaban J connectivity index is 1.89. The largest absolute Gasteiger partial charge is 0.497 e. The number of carbonyl (C=O) groups excluding carboxylic acids is 1. The van der Waals surface area contributed by atoms with Crippen molar-refractivity contribution in [3.8, 4) is 5.75 Å². The zero-order valence-electron chi connectivity index (χ0n) is 18.0. The van der Waals surface area contributed by atoms with E-state index in [0.717, 1.165) is 31.7 Å². The van der Waals surface area contributed by atoms with Gasteiger partial charge in [0.15, 0.2) is 9.84 Å². The van der Waals surface area contributed by atoms with Crippen LogP contribution in [0.1, 0.15) is 15.9 Å². The summed E-state index contributed by atoms with van der Waals surface area (Å²) in [7, 11) is -0.118. The van der Waals surface area contributed by atoms with Gasteiger partial charge in [-0.25, -0.2) is 13.9 Å². The third-order valence-corrected chi connectivity index (χ3v) is 7.35. The standard InChI is InChI=1S/C21H27BrN4O5S/c1-25-7-9-26(10-8-25)13-15-11-16(22)12-19(21(27)24-28)20(15)23-14-32(29,30)18-5-3-17(31-2)4-6-18/h3-6,11-12,23,28H,7-10,13-14H2,1-2H3,(H,24,27). The molecule has 32 heavy (non-hydrogen) atoms. The summed E-state index contributed by atoms with van der Waals surface area (Å²) in [5.74, 6) is -0.584. The highest BCUT2D eigenvalue weighted by Crippen LogP contribution is 2.29. The van der Waals surface area contributed by atoms with Crippen molar-refractivity contribution >= 4 is 37.4 Å². The fraction of sp³-hybridized carbons (Fsp3) is 0.381. The van der Waals surface area contributed by atoms with Gasteiger partial charge in [0.2, 0.25) is 0 Å². The number of sulfone groups is 1. The van der Waals surface area contributed by atoms with Crippen molar-refractivity contribution in [2.45, 2.75) is 11.4 Å². The van der Waals surface area contributed by atoms with Gasteiger partial charge in [0, 0.05) is 37.2 Å². The molecule has 1 heterocycles. The summed E-state index contributed by atoms with van der Waals surface area (Å²) in [5.41, 5.74) is 2.92. The highest BCUT2D eigenvalue weighted by molar-refractivity contribution is 9.10. The number of hydrogen-bond donors (Lipinski definition) is 3. The van der Waals surface area contributed by atoms with E-state index in [1.54, 1.807) is 23.7 Å². The van der Waals surface area contributed by atoms with Crippen LogP contribution in [0, 0.1) is 0 Å². The van der Waals surface area contributed by atoms with Gasteiger partial charge in [-0.05, 0) is 49.0 Å². The van der Waals surface area contributed by atoms with E-state index in [0.29, 0.717) is 22.5 Å². The van der Waals surface area contributed by atoms with Crippen molar-refractivity contribution < 1.29 is 23.2 Å². The number of hydroxylamine groups is 1. The molecule has 1 saturated heterocycles. The third kappa shape index (κ3) is 5.99. The lowest BCUT2D eigenvalue weighted by molar-refractivity contribution is 0.0707. The first-order valence-corrected chi connectivity index (χ1v) is 12.5. The predicted octanol–water partition coefficient (Wildman–Crippen LogP) is 2.17. The number of halogens is 1. The molecule has 2 aromatic carbocycles. The smallest absolute Gasteiger partial charge is 0.276 e. The second-order valence-corrected chi connectivity index (χ2v) is 10.5. The summed E-state index contributed by atoms with van der Waals surface area (Å²) < 4.78 is 31.5. The van der Waals surface area contributed by atoms with Crippen LogP contribution >= 0.6 is 15.9 Å². The van der Waals surface area contributed by atoms with Crippen molar-refractivity contribution in [3.05, 3.63) is 52.0 Å². The molecule has 11 heteroatoms. The number of benzene rings is 2. The Morgan fingerprint density at radius 2 is 1.81 bits per heavy atom. The number of likely N-dealkylation sites (N-methyl/N-ethyl adjacent to an activating group) is 1. The van der Waals surface area contributed by atoms with Crippen LogP contribution in [0.15, 0.2) is 45.8 Å². The quantitative estimate of drug-likeness (QED) is 0.354. The summed E-state index contributed by atoms with van der Waals surface area (Å²) in [5, 5.41) is 12.2. The molecular weight excluding hydrogens is 500 g/mol. The summed E-state index contributed by atoms with van der Waals surface area (Å²) in [6, 6.07) is 9.51. The molecule has 0 aromatic heterocycles. The van der Waals surface area contributed by atoms with Crippen molar-refractivity contribution in [3.63, 3.8) is 0 Å². The van der Waals surface area contributed by atoms with E-state index in [1.165, 1.54) is 19.2 Å². The maximum absolute atomic E-state index is 12.9. The molecule has 1 aliphatic heterocycles. The Bertz CT molecular complexity index is 1050. The van der Waals surface area contributed by atoms with Crippen molar-refractivity contribution in [1.29, 1.82) is 0 Å². The number of ether oxygens (including phenoxy) is 1. The Labute approximate surface area is 196 Å². The van der Waals surface area contributed by atoms with E-state index < -0.39 is 21.6 Å². The zero-order chi connectivity index (χ0) is 23.3. The van der Waals surface area contributed by atoms with Crippen LogP contribution in [0.4, 0.5) is 5.69 Å². The topological polar surface area (TPSA) is 111 Å². The molecular formula is C21H27BrN4O5S. The van der Waals surface area contributed by atoms with E-state index in [-0.39, 0.29) is 10.5 Å². The van der Waals surface area contributed by atoms with Gasteiger partial charge in [-0.1, -0.05) is 15.9 Å². The number of amides is 1. The third-order valence-electron chi connectivity index (χ3n) is 5.38. The van der Waals surface area contributed by atoms with Crippen LogP contribution in [0.25, 0.3) is 0 Å². The first kappa shape index (κ1) is 24.5. The Morgan fingerprint density at radius 1 is 1.16 bits per heavy atom. The molecule has 1 fully saturated rings. The average Bonchev–Trinajstić information content (AvgIpc) is 2.79. The van der Waals surface area contributed by atoms with Crippen molar-refractivity contribution in [2.75, 3.05) is 51.5 Å². The van der Waals surface area contributed by atoms with Gasteiger partial charge >= 0.3 is 0 Å². The molecule has 0 atom stereocenters. The lowest BCUT2D eigenvalue weighted by Gasteiger charge is -2.33. The van der Waals surface area contributed by atoms with Gasteiger partial charge in [0.1, 0.15) is 11.6 Å². The summed E-state index contributed by atoms with van der Waals surface area (Å²) >= 11 is 3.41. The first-order valence-electron chi connectivity index (χ1n) is 10.0. The van der Waals surface area contributed by atoms with Crippen LogP contribution in [-0.4, -0.2) is 75.5 Å². The number of anilines is 1. The second-order valence-electron chi connectivity index (χ2n) is 7.62. The Kier molecular flexibility index (Phi) is 8.12. The van der Waals surface area contributed by atoms with E-state index in [4.69, 9.17) is 4.74 Å². The molecule has 3 rings (SSSR count). The monoisotopic (exact) mass is 526 g/mol. The SMILES string of the molecule is COc1ccc(S(=O)(=O)CNc2c(CN3CCN(C)CC3)cc(Br)cc2C(=O)NO)cc1. The summed E-state index contributed by atoms with van der Waals surface area (Å²) in [6.45, 7) is 4.09. The minimum atomic E-state index is -3.69. The van der Waals surface area contributed by atoms with Gasteiger partial charge < -0.3 is 15.0 Å². The summed E-state index contributed by atoms with van der Waals surface area (Å²) in [4.78, 5) is 16.9. The van der Waals surface area contributed by atoms with Crippen molar-refractivity contribution in [2.24, 2.45) is 0 Å². The van der Waals surface area contributed by atoms with Gasteiger partial charge in [-0.2, -0.15) is 0 Å². The number of methoxy groups -OCH3 is 1. The second kappa shape index (κ2) is 10.6. The maximum atomic E-state index is 12.9. The molecule has 0 spiro atoms. The lowest BCUT2D eigenvalue weighted by atomic mass is 10.1. The van der Waals surface area contributed by atoms with Crippen LogP contribution in [-0.2, 0) is 16.4 Å². The number of nitrogens with zero attached hydrogens (tertiary/aromatic N) is 2. The number of carbonyl (C=O) groups is 1. The lowest BCUT2D eigenvalue weighted by Crippen LogP contribution is -2.44. The average molecular weight is 527 g/mol. The van der Waals surface area contributed by atoms with Crippen LogP contribution in [0.5, 0.6) is 5.75 Å². The molecule has 174 valence electrons. The normalized spacial score (nSPS) is 15.4. The fourth-order valence-corrected chi connectivity index (χ4v) is 5.07. The molecule has 3 N–H and O–H groups in total. The van der Waals surface area contributed by atoms with Gasteiger partial charge in [-0.15, -0.1) is 0 Å². The van der Waals surface area contributed by atoms with Crippen LogP contribution in [0.3, 0.4) is 0 Å². The first-order chi connectivity index (χ1) is 15.2. The minimum absolute atomic E-state index is 0.136. The van der Waals surface area contributed by atoms with Crippen molar-refractivity contribution in [1.82, 2.24) is 15.3 Å². The number of hydrogen-bond acceptors (Lipinski definition) is 8. The van der Waals surface area contributed by atoms with E-state index in [1.807, 2.05) is 6.07 Å². The Hall–Kier alpha value is -2.18. The van der Waals surface area contributed by atoms with Gasteiger partial charge in [0.25, 0.3) is 5.91 Å². The highest BCUT2D eigenvalue weighted by Gasteiger charge is 2.22. The Morgan fingerprint density at radius 3 is 2.41 bits per heavy atom. The van der Waals surface area contributed by atoms with E-state index >= 15 is 0 Å². The maximum Gasteiger partial charge on any atom is 0.276 e. The fourth-order valence-electron chi connectivity index (χ4n) is 3.52. The van der Waals surface area contributed by atoms with Crippen LogP contribution < -0.4 is 15.5 Å². The molecule has 1 amide bonds. The summed E-state index contributed by atoms with van der Waals surface area (Å²) in [6.07, 6.45) is 0. The van der Waals surface area contributed by atoms with E-state index in [9.17, 15) is 18.4 Å². The number of nitrogens with one attached hydrogen (secondary N) is 2.